The molecule has 0 radical (unpaired) electrons. The predicted octanol–water partition coefficient (Wildman–Crippen LogP) is 2.60. The van der Waals surface area contributed by atoms with Crippen molar-refractivity contribution in [3.63, 3.8) is 0 Å². The van der Waals surface area contributed by atoms with Gasteiger partial charge in [-0.1, -0.05) is 44.8 Å². The van der Waals surface area contributed by atoms with Crippen molar-refractivity contribution in [2.24, 2.45) is 5.92 Å². The van der Waals surface area contributed by atoms with Crippen LogP contribution in [0.4, 0.5) is 0 Å². The molecule has 0 N–H and O–H groups in total. The zero-order chi connectivity index (χ0) is 11.1. The van der Waals surface area contributed by atoms with Gasteiger partial charge in [0.05, 0.1) is 0 Å². The number of unbranched alkanes of at least 4 members (excludes halogenated alkanes) is 5. The molecule has 84 valence electrons. The highest BCUT2D eigenvalue weighted by Gasteiger charge is 2.39. The summed E-state index contributed by atoms with van der Waals surface area (Å²) in [5.74, 6) is -1.44. The van der Waals surface area contributed by atoms with Gasteiger partial charge < -0.3 is 4.74 Å². The minimum absolute atomic E-state index is 0.415. The van der Waals surface area contributed by atoms with E-state index in [-0.39, 0.29) is 0 Å². The number of allylic oxidation sites excluding steroid dienone is 1. The van der Waals surface area contributed by atoms with E-state index < -0.39 is 17.9 Å². The second-order valence-electron chi connectivity index (χ2n) is 3.85. The van der Waals surface area contributed by atoms with E-state index in [9.17, 15) is 9.59 Å². The van der Waals surface area contributed by atoms with Gasteiger partial charge in [-0.15, -0.1) is 0 Å². The smallest absolute Gasteiger partial charge is 0.331 e. The quantitative estimate of drug-likeness (QED) is 0.281. The van der Waals surface area contributed by atoms with E-state index in [1.807, 2.05) is 6.08 Å². The van der Waals surface area contributed by atoms with Crippen LogP contribution in [0.25, 0.3) is 0 Å². The molecule has 0 spiro atoms. The zero-order valence-electron chi connectivity index (χ0n) is 9.20. The van der Waals surface area contributed by atoms with Gasteiger partial charge in [0.2, 0.25) is 0 Å². The third-order valence-electron chi connectivity index (χ3n) is 2.51. The Morgan fingerprint density at radius 1 is 1.13 bits per heavy atom. The molecule has 0 bridgehead atoms. The normalized spacial score (nSPS) is 16.9. The molecule has 0 atom stereocenters. The summed E-state index contributed by atoms with van der Waals surface area (Å²) >= 11 is 0. The third-order valence-corrected chi connectivity index (χ3v) is 2.51. The van der Waals surface area contributed by atoms with Gasteiger partial charge in [0.25, 0.3) is 0 Å². The Morgan fingerprint density at radius 3 is 2.40 bits per heavy atom. The number of carbonyl (C=O) groups excluding carboxylic acids is 2. The molecule has 0 aromatic rings. The topological polar surface area (TPSA) is 43.4 Å². The number of cyclic esters (lactones) is 2. The monoisotopic (exact) mass is 210 g/mol. The Morgan fingerprint density at radius 2 is 1.80 bits per heavy atom. The molecule has 0 aromatic carbocycles. The lowest BCUT2D eigenvalue weighted by molar-refractivity contribution is -0.180. The van der Waals surface area contributed by atoms with Gasteiger partial charge in [0.1, 0.15) is 0 Å². The third kappa shape index (κ3) is 3.86. The average Bonchev–Trinajstić information content (AvgIpc) is 2.22. The van der Waals surface area contributed by atoms with Crippen molar-refractivity contribution in [1.29, 1.82) is 0 Å². The molecule has 3 nitrogen and oxygen atoms in total. The lowest BCUT2D eigenvalue weighted by Gasteiger charge is -2.17. The van der Waals surface area contributed by atoms with Gasteiger partial charge in [-0.05, 0) is 12.8 Å². The second kappa shape index (κ2) is 6.38. The van der Waals surface area contributed by atoms with E-state index in [0.29, 0.717) is 0 Å². The molecular weight excluding hydrogens is 192 g/mol. The first kappa shape index (κ1) is 12.0. The molecule has 1 rings (SSSR count). The average molecular weight is 210 g/mol. The van der Waals surface area contributed by atoms with Crippen LogP contribution in [0.2, 0.25) is 0 Å². The van der Waals surface area contributed by atoms with Crippen molar-refractivity contribution >= 4 is 11.9 Å². The highest BCUT2D eigenvalue weighted by Crippen LogP contribution is 2.16. The summed E-state index contributed by atoms with van der Waals surface area (Å²) in [6.07, 6.45) is 10.7. The summed E-state index contributed by atoms with van der Waals surface area (Å²) in [6.45, 7) is 2.19. The first-order valence-electron chi connectivity index (χ1n) is 5.68. The van der Waals surface area contributed by atoms with E-state index in [1.54, 1.807) is 6.08 Å². The van der Waals surface area contributed by atoms with Gasteiger partial charge in [0.15, 0.2) is 5.92 Å². The van der Waals surface area contributed by atoms with Gasteiger partial charge in [-0.2, -0.15) is 0 Å². The number of carbonyl (C=O) groups is 2. The lowest BCUT2D eigenvalue weighted by Crippen LogP contribution is -2.39. The van der Waals surface area contributed by atoms with Crippen LogP contribution in [0.5, 0.6) is 0 Å². The SMILES string of the molecule is CCCCCCC/C=C\C1C(=O)OC1=O. The fraction of sp³-hybridized carbons (Fsp3) is 0.667. The minimum atomic E-state index is -0.611. The van der Waals surface area contributed by atoms with Crippen LogP contribution < -0.4 is 0 Å². The first-order chi connectivity index (χ1) is 7.25. The number of rotatable bonds is 7. The van der Waals surface area contributed by atoms with Gasteiger partial charge >= 0.3 is 11.9 Å². The number of hydrogen-bond donors (Lipinski definition) is 0. The molecular formula is C12H18O3. The molecule has 1 fully saturated rings. The van der Waals surface area contributed by atoms with Crippen LogP contribution in [0.3, 0.4) is 0 Å². The summed E-state index contributed by atoms with van der Waals surface area (Å²) in [6, 6.07) is 0. The number of ether oxygens (including phenoxy) is 1. The molecule has 0 aromatic heterocycles. The highest BCUT2D eigenvalue weighted by molar-refractivity contribution is 6.11. The van der Waals surface area contributed by atoms with Gasteiger partial charge in [-0.25, -0.2) is 0 Å². The number of esters is 2. The van der Waals surface area contributed by atoms with Crippen molar-refractivity contribution in [3.05, 3.63) is 12.2 Å². The van der Waals surface area contributed by atoms with Crippen LogP contribution in [0.15, 0.2) is 12.2 Å². The van der Waals surface area contributed by atoms with E-state index >= 15 is 0 Å². The van der Waals surface area contributed by atoms with Crippen LogP contribution in [0.1, 0.15) is 45.4 Å². The summed E-state index contributed by atoms with van der Waals surface area (Å²) in [5.41, 5.74) is 0. The van der Waals surface area contributed by atoms with Gasteiger partial charge in [0, 0.05) is 0 Å². The van der Waals surface area contributed by atoms with E-state index in [1.165, 1.54) is 25.7 Å². The molecule has 1 aliphatic heterocycles. The van der Waals surface area contributed by atoms with Gasteiger partial charge in [-0.3, -0.25) is 9.59 Å². The molecule has 3 heteroatoms. The van der Waals surface area contributed by atoms with E-state index in [4.69, 9.17) is 0 Å². The highest BCUT2D eigenvalue weighted by atomic mass is 16.6. The van der Waals surface area contributed by atoms with E-state index in [2.05, 4.69) is 11.7 Å². The molecule has 0 saturated carbocycles. The molecule has 0 unspecified atom stereocenters. The van der Waals surface area contributed by atoms with Crippen LogP contribution in [0, 0.1) is 5.92 Å². The fourth-order valence-electron chi connectivity index (χ4n) is 1.52. The second-order valence-corrected chi connectivity index (χ2v) is 3.85. The fourth-order valence-corrected chi connectivity index (χ4v) is 1.52. The van der Waals surface area contributed by atoms with Crippen molar-refractivity contribution in [3.8, 4) is 0 Å². The van der Waals surface area contributed by atoms with Crippen molar-refractivity contribution in [1.82, 2.24) is 0 Å². The van der Waals surface area contributed by atoms with E-state index in [0.717, 1.165) is 12.8 Å². The largest absolute Gasteiger partial charge is 0.391 e. The summed E-state index contributed by atoms with van der Waals surface area (Å²) in [5, 5.41) is 0. The standard InChI is InChI=1S/C12H18O3/c1-2-3-4-5-6-7-8-9-10-11(13)15-12(10)14/h8-10H,2-7H2,1H3/b9-8-. The predicted molar refractivity (Wildman–Crippen MR) is 57.1 cm³/mol. The summed E-state index contributed by atoms with van der Waals surface area (Å²) in [7, 11) is 0. The Bertz CT molecular complexity index is 242. The maximum Gasteiger partial charge on any atom is 0.331 e. The molecule has 15 heavy (non-hydrogen) atoms. The summed E-state index contributed by atoms with van der Waals surface area (Å²) in [4.78, 5) is 21.5. The first-order valence-corrected chi connectivity index (χ1v) is 5.68. The molecule has 1 aliphatic rings. The number of hydrogen-bond acceptors (Lipinski definition) is 3. The minimum Gasteiger partial charge on any atom is -0.391 e. The molecule has 1 heterocycles. The zero-order valence-corrected chi connectivity index (χ0v) is 9.20. The maximum atomic E-state index is 10.8. The Kier molecular flexibility index (Phi) is 5.08. The van der Waals surface area contributed by atoms with Crippen molar-refractivity contribution in [2.45, 2.75) is 45.4 Å². The van der Waals surface area contributed by atoms with Crippen molar-refractivity contribution < 1.29 is 14.3 Å². The maximum absolute atomic E-state index is 10.8. The lowest BCUT2D eigenvalue weighted by atomic mass is 10.0. The van der Waals surface area contributed by atoms with Crippen LogP contribution >= 0.6 is 0 Å². The van der Waals surface area contributed by atoms with Crippen molar-refractivity contribution in [2.75, 3.05) is 0 Å². The molecule has 0 amide bonds. The molecule has 1 saturated heterocycles. The molecule has 0 aliphatic carbocycles. The van der Waals surface area contributed by atoms with Crippen LogP contribution in [-0.4, -0.2) is 11.9 Å². The summed E-state index contributed by atoms with van der Waals surface area (Å²) < 4.78 is 4.23. The Hall–Kier alpha value is -1.12. The Labute approximate surface area is 90.5 Å². The Balaban J connectivity index is 2.02. The van der Waals surface area contributed by atoms with Crippen LogP contribution in [-0.2, 0) is 14.3 Å².